The molecule has 2 bridgehead atoms. The molecule has 0 fully saturated rings. The molecule has 0 saturated heterocycles. The predicted octanol–water partition coefficient (Wildman–Crippen LogP) is 4.61. The van der Waals surface area contributed by atoms with E-state index < -0.39 is 0 Å². The molecule has 7 heteroatoms. The van der Waals surface area contributed by atoms with Gasteiger partial charge in [0.1, 0.15) is 11.4 Å². The van der Waals surface area contributed by atoms with Crippen molar-refractivity contribution in [1.29, 1.82) is 0 Å². The molecule has 1 aromatic heterocycles. The number of carbonyl (C=O) groups excluding carboxylic acids is 1. The zero-order valence-corrected chi connectivity index (χ0v) is 20.0. The first-order valence-corrected chi connectivity index (χ1v) is 12.5. The number of hydrogen-bond donors (Lipinski definition) is 1. The van der Waals surface area contributed by atoms with Crippen molar-refractivity contribution in [3.05, 3.63) is 82.5 Å². The van der Waals surface area contributed by atoms with Gasteiger partial charge in [0.25, 0.3) is 0 Å². The van der Waals surface area contributed by atoms with Crippen LogP contribution in [0.4, 0.5) is 0 Å². The van der Waals surface area contributed by atoms with Gasteiger partial charge in [0, 0.05) is 18.5 Å². The Kier molecular flexibility index (Phi) is 5.97. The van der Waals surface area contributed by atoms with Gasteiger partial charge < -0.3 is 24.0 Å². The molecule has 7 nitrogen and oxygen atoms in total. The number of rotatable bonds is 2. The molecule has 2 aliphatic rings. The van der Waals surface area contributed by atoms with Crippen molar-refractivity contribution in [1.82, 2.24) is 10.1 Å². The molecule has 0 atom stereocenters. The zero-order chi connectivity index (χ0) is 24.5. The normalized spacial score (nSPS) is 15.6. The van der Waals surface area contributed by atoms with Gasteiger partial charge in [-0.3, -0.25) is 4.79 Å². The van der Waals surface area contributed by atoms with E-state index in [9.17, 15) is 9.90 Å². The van der Waals surface area contributed by atoms with Crippen LogP contribution in [0, 0.1) is 0 Å². The highest BCUT2D eigenvalue weighted by molar-refractivity contribution is 5.86. The van der Waals surface area contributed by atoms with E-state index in [4.69, 9.17) is 14.0 Å². The van der Waals surface area contributed by atoms with Gasteiger partial charge in [-0.1, -0.05) is 29.4 Å². The summed E-state index contributed by atoms with van der Waals surface area (Å²) in [5.74, 6) is 1.89. The molecule has 3 aromatic carbocycles. The van der Waals surface area contributed by atoms with Gasteiger partial charge in [-0.15, -0.1) is 0 Å². The third-order valence-corrected chi connectivity index (χ3v) is 7.17. The Morgan fingerprint density at radius 3 is 2.53 bits per heavy atom. The van der Waals surface area contributed by atoms with Crippen LogP contribution in [-0.4, -0.2) is 41.0 Å². The maximum atomic E-state index is 13.4. The SMILES string of the molecule is O=C(Cc1noc2ccccc12)N1CCCc2cc3c(cc2CCc2cc(ccc2O)CC1)OCO3. The smallest absolute Gasteiger partial charge is 0.231 e. The summed E-state index contributed by atoms with van der Waals surface area (Å²) in [5.41, 5.74) is 5.78. The molecule has 4 aromatic rings. The second kappa shape index (κ2) is 9.57. The van der Waals surface area contributed by atoms with Crippen LogP contribution in [0.5, 0.6) is 17.2 Å². The molecular weight excluding hydrogens is 456 g/mol. The van der Waals surface area contributed by atoms with E-state index in [1.165, 1.54) is 11.1 Å². The van der Waals surface area contributed by atoms with Gasteiger partial charge in [0.2, 0.25) is 12.7 Å². The van der Waals surface area contributed by atoms with Crippen LogP contribution in [-0.2, 0) is 36.9 Å². The minimum Gasteiger partial charge on any atom is -0.508 e. The van der Waals surface area contributed by atoms with Crippen molar-refractivity contribution >= 4 is 16.9 Å². The summed E-state index contributed by atoms with van der Waals surface area (Å²) in [5, 5.41) is 15.5. The lowest BCUT2D eigenvalue weighted by Gasteiger charge is -2.23. The number of fused-ring (bicyclic) bond motifs is 5. The van der Waals surface area contributed by atoms with E-state index in [-0.39, 0.29) is 19.1 Å². The molecule has 1 amide bonds. The maximum absolute atomic E-state index is 13.4. The standard InChI is InChI=1S/C29H28N2O5/c32-25-10-7-19-11-13-31(29(33)17-24-23-5-1-2-6-26(23)36-30-24)12-3-4-20-15-27-28(35-18-34-27)16-21(20)8-9-22(25)14-19/h1-2,5-7,10,14-16,32H,3-4,8-9,11-13,17-18H2. The third kappa shape index (κ3) is 4.49. The van der Waals surface area contributed by atoms with Crippen molar-refractivity contribution in [2.45, 2.75) is 38.5 Å². The molecule has 1 N–H and O–H groups in total. The molecule has 184 valence electrons. The van der Waals surface area contributed by atoms with E-state index in [0.29, 0.717) is 30.1 Å². The third-order valence-electron chi connectivity index (χ3n) is 7.17. The first-order valence-electron chi connectivity index (χ1n) is 12.5. The number of amides is 1. The summed E-state index contributed by atoms with van der Waals surface area (Å²) in [6.07, 6.45) is 4.11. The van der Waals surface area contributed by atoms with Crippen LogP contribution < -0.4 is 9.47 Å². The fourth-order valence-corrected chi connectivity index (χ4v) is 5.16. The van der Waals surface area contributed by atoms with E-state index in [1.54, 1.807) is 6.07 Å². The Morgan fingerprint density at radius 2 is 1.67 bits per heavy atom. The Labute approximate surface area is 209 Å². The minimum atomic E-state index is 0.0360. The van der Waals surface area contributed by atoms with Gasteiger partial charge in [0.05, 0.1) is 6.42 Å². The van der Waals surface area contributed by atoms with Crippen molar-refractivity contribution in [3.8, 4) is 17.2 Å². The molecule has 0 saturated carbocycles. The number of nitrogens with zero attached hydrogens (tertiary/aromatic N) is 2. The molecule has 0 spiro atoms. The summed E-state index contributed by atoms with van der Waals surface area (Å²) in [7, 11) is 0. The highest BCUT2D eigenvalue weighted by Crippen LogP contribution is 2.36. The number of hydrogen-bond acceptors (Lipinski definition) is 6. The van der Waals surface area contributed by atoms with Crippen molar-refractivity contribution < 1.29 is 23.9 Å². The number of phenolic OH excluding ortho intramolecular Hbond substituents is 1. The van der Waals surface area contributed by atoms with Crippen LogP contribution in [0.25, 0.3) is 11.0 Å². The minimum absolute atomic E-state index is 0.0360. The largest absolute Gasteiger partial charge is 0.508 e. The summed E-state index contributed by atoms with van der Waals surface area (Å²) < 4.78 is 16.7. The molecule has 36 heavy (non-hydrogen) atoms. The van der Waals surface area contributed by atoms with Crippen LogP contribution in [0.1, 0.15) is 34.4 Å². The summed E-state index contributed by atoms with van der Waals surface area (Å²) >= 11 is 0. The van der Waals surface area contributed by atoms with Gasteiger partial charge in [-0.05, 0) is 84.7 Å². The second-order valence-corrected chi connectivity index (χ2v) is 9.47. The van der Waals surface area contributed by atoms with E-state index in [0.717, 1.165) is 60.1 Å². The molecule has 0 aliphatic carbocycles. The highest BCUT2D eigenvalue weighted by atomic mass is 16.7. The van der Waals surface area contributed by atoms with Crippen LogP contribution >= 0.6 is 0 Å². The summed E-state index contributed by atoms with van der Waals surface area (Å²) in [6, 6.07) is 17.5. The Bertz CT molecular complexity index is 1430. The monoisotopic (exact) mass is 484 g/mol. The van der Waals surface area contributed by atoms with Gasteiger partial charge >= 0.3 is 0 Å². The number of phenols is 1. The highest BCUT2D eigenvalue weighted by Gasteiger charge is 2.21. The van der Waals surface area contributed by atoms with Crippen LogP contribution in [0.3, 0.4) is 0 Å². The summed E-state index contributed by atoms with van der Waals surface area (Å²) in [4.78, 5) is 15.4. The first-order chi connectivity index (χ1) is 17.6. The summed E-state index contributed by atoms with van der Waals surface area (Å²) in [6.45, 7) is 1.49. The number of benzene rings is 3. The van der Waals surface area contributed by atoms with Crippen molar-refractivity contribution in [2.75, 3.05) is 19.9 Å². The lowest BCUT2D eigenvalue weighted by molar-refractivity contribution is -0.130. The van der Waals surface area contributed by atoms with E-state index in [1.807, 2.05) is 35.2 Å². The number of carbonyl (C=O) groups is 1. The average Bonchev–Trinajstić information content (AvgIpc) is 3.52. The predicted molar refractivity (Wildman–Crippen MR) is 134 cm³/mol. The van der Waals surface area contributed by atoms with E-state index in [2.05, 4.69) is 23.4 Å². The lowest BCUT2D eigenvalue weighted by atomic mass is 9.95. The Hall–Kier alpha value is -4.00. The van der Waals surface area contributed by atoms with Gasteiger partial charge in [0.15, 0.2) is 17.1 Å². The average molecular weight is 485 g/mol. The number of ether oxygens (including phenoxy) is 2. The van der Waals surface area contributed by atoms with Gasteiger partial charge in [-0.25, -0.2) is 0 Å². The first kappa shape index (κ1) is 22.5. The maximum Gasteiger partial charge on any atom is 0.231 e. The fraction of sp³-hybridized carbons (Fsp3) is 0.310. The van der Waals surface area contributed by atoms with Gasteiger partial charge in [-0.2, -0.15) is 0 Å². The fourth-order valence-electron chi connectivity index (χ4n) is 5.16. The molecule has 6 rings (SSSR count). The molecule has 0 unspecified atom stereocenters. The number of aryl methyl sites for hydroxylation is 3. The van der Waals surface area contributed by atoms with E-state index >= 15 is 0 Å². The molecule has 0 radical (unpaired) electrons. The quantitative estimate of drug-likeness (QED) is 0.447. The lowest BCUT2D eigenvalue weighted by Crippen LogP contribution is -2.35. The number of para-hydroxylation sites is 1. The van der Waals surface area contributed by atoms with Crippen LogP contribution in [0.15, 0.2) is 59.1 Å². The second-order valence-electron chi connectivity index (χ2n) is 9.47. The topological polar surface area (TPSA) is 85.0 Å². The zero-order valence-electron chi connectivity index (χ0n) is 20.0. The Morgan fingerprint density at radius 1 is 0.889 bits per heavy atom. The molecule has 2 aliphatic heterocycles. The molecular formula is C29H28N2O5. The van der Waals surface area contributed by atoms with Crippen molar-refractivity contribution in [2.24, 2.45) is 0 Å². The number of aromatic nitrogens is 1. The van der Waals surface area contributed by atoms with Crippen molar-refractivity contribution in [3.63, 3.8) is 0 Å². The van der Waals surface area contributed by atoms with Crippen LogP contribution in [0.2, 0.25) is 0 Å². The number of aromatic hydroxyl groups is 1. The Balaban J connectivity index is 1.28. The molecule has 3 heterocycles.